The minimum atomic E-state index is -1.07. The van der Waals surface area contributed by atoms with E-state index in [1.54, 1.807) is 6.07 Å². The average molecular weight is 294 g/mol. The van der Waals surface area contributed by atoms with Crippen LogP contribution in [0.5, 0.6) is 0 Å². The standard InChI is InChI=1S/C16H22O5/c1-3-5-7-11-9-10-13(15(17)18)12(8-6-4-2)14(11)16(19)21-20/h9-10,20H,3-8H2,1-2H3,(H,17,18). The number of aromatic carboxylic acids is 1. The van der Waals surface area contributed by atoms with Gasteiger partial charge in [-0.05, 0) is 42.9 Å². The van der Waals surface area contributed by atoms with Gasteiger partial charge in [-0.25, -0.2) is 9.59 Å². The van der Waals surface area contributed by atoms with Gasteiger partial charge < -0.3 is 5.11 Å². The Kier molecular flexibility index (Phi) is 6.88. The lowest BCUT2D eigenvalue weighted by Crippen LogP contribution is -2.15. The second kappa shape index (κ2) is 8.42. The Morgan fingerprint density at radius 1 is 1.10 bits per heavy atom. The van der Waals surface area contributed by atoms with E-state index >= 15 is 0 Å². The van der Waals surface area contributed by atoms with E-state index in [0.29, 0.717) is 18.4 Å². The second-order valence-corrected chi connectivity index (χ2v) is 5.02. The number of carbonyl (C=O) groups is 2. The minimum absolute atomic E-state index is 0.101. The Labute approximate surface area is 124 Å². The summed E-state index contributed by atoms with van der Waals surface area (Å²) in [5.74, 6) is -1.95. The Morgan fingerprint density at radius 2 is 1.71 bits per heavy atom. The Hall–Kier alpha value is -1.88. The van der Waals surface area contributed by atoms with Crippen LogP contribution in [0, 0.1) is 0 Å². The third-order valence-electron chi connectivity index (χ3n) is 3.50. The summed E-state index contributed by atoms with van der Waals surface area (Å²) in [6, 6.07) is 3.17. The molecule has 0 fully saturated rings. The van der Waals surface area contributed by atoms with Crippen LogP contribution in [0.1, 0.15) is 71.4 Å². The van der Waals surface area contributed by atoms with Gasteiger partial charge in [-0.2, -0.15) is 5.26 Å². The van der Waals surface area contributed by atoms with Gasteiger partial charge in [-0.3, -0.25) is 4.89 Å². The van der Waals surface area contributed by atoms with Crippen LogP contribution in [0.3, 0.4) is 0 Å². The maximum absolute atomic E-state index is 11.9. The molecule has 0 aliphatic carbocycles. The van der Waals surface area contributed by atoms with Crippen molar-refractivity contribution in [1.82, 2.24) is 0 Å². The first-order chi connectivity index (χ1) is 10.1. The van der Waals surface area contributed by atoms with E-state index in [1.807, 2.05) is 13.8 Å². The number of rotatable bonds is 8. The smallest absolute Gasteiger partial charge is 0.373 e. The fourth-order valence-electron chi connectivity index (χ4n) is 2.39. The second-order valence-electron chi connectivity index (χ2n) is 5.02. The van der Waals surface area contributed by atoms with Crippen molar-refractivity contribution in [2.45, 2.75) is 52.4 Å². The van der Waals surface area contributed by atoms with Crippen LogP contribution < -0.4 is 0 Å². The number of carbonyl (C=O) groups excluding carboxylic acids is 1. The molecule has 0 saturated carbocycles. The molecule has 0 heterocycles. The fourth-order valence-corrected chi connectivity index (χ4v) is 2.39. The molecule has 0 spiro atoms. The molecule has 0 atom stereocenters. The van der Waals surface area contributed by atoms with Crippen molar-refractivity contribution in [3.05, 3.63) is 34.4 Å². The summed E-state index contributed by atoms with van der Waals surface area (Å²) in [5.41, 5.74) is 1.49. The van der Waals surface area contributed by atoms with Crippen molar-refractivity contribution >= 4 is 11.9 Å². The van der Waals surface area contributed by atoms with Crippen LogP contribution in [0.2, 0.25) is 0 Å². The first kappa shape index (κ1) is 17.2. The van der Waals surface area contributed by atoms with Crippen LogP contribution in [0.4, 0.5) is 0 Å². The highest BCUT2D eigenvalue weighted by Gasteiger charge is 2.23. The highest BCUT2D eigenvalue weighted by Crippen LogP contribution is 2.24. The van der Waals surface area contributed by atoms with Crippen LogP contribution >= 0.6 is 0 Å². The van der Waals surface area contributed by atoms with E-state index in [9.17, 15) is 14.7 Å². The first-order valence-corrected chi connectivity index (χ1v) is 7.30. The number of aryl methyl sites for hydroxylation is 1. The van der Waals surface area contributed by atoms with Crippen LogP contribution in [0.15, 0.2) is 12.1 Å². The van der Waals surface area contributed by atoms with Gasteiger partial charge in [0.25, 0.3) is 0 Å². The van der Waals surface area contributed by atoms with E-state index < -0.39 is 11.9 Å². The molecule has 0 unspecified atom stereocenters. The van der Waals surface area contributed by atoms with Gasteiger partial charge in [0, 0.05) is 0 Å². The highest BCUT2D eigenvalue weighted by molar-refractivity contribution is 5.98. The molecule has 21 heavy (non-hydrogen) atoms. The molecule has 1 aromatic rings. The van der Waals surface area contributed by atoms with Crippen LogP contribution in [0.25, 0.3) is 0 Å². The van der Waals surface area contributed by atoms with Crippen molar-refractivity contribution in [3.8, 4) is 0 Å². The molecule has 1 aromatic carbocycles. The van der Waals surface area contributed by atoms with Gasteiger partial charge in [-0.1, -0.05) is 32.8 Å². The number of carboxylic acid groups (broad SMARTS) is 1. The molecule has 0 aromatic heterocycles. The maximum Gasteiger partial charge on any atom is 0.373 e. The lowest BCUT2D eigenvalue weighted by molar-refractivity contribution is -0.183. The van der Waals surface area contributed by atoms with E-state index in [-0.39, 0.29) is 11.1 Å². The molecule has 116 valence electrons. The average Bonchev–Trinajstić information content (AvgIpc) is 2.49. The van der Waals surface area contributed by atoms with Crippen molar-refractivity contribution in [1.29, 1.82) is 0 Å². The normalized spacial score (nSPS) is 10.4. The Morgan fingerprint density at radius 3 is 2.24 bits per heavy atom. The third-order valence-corrected chi connectivity index (χ3v) is 3.50. The van der Waals surface area contributed by atoms with Crippen LogP contribution in [-0.2, 0) is 17.7 Å². The SMILES string of the molecule is CCCCc1ccc(C(=O)O)c(CCCC)c1C(=O)OO. The third kappa shape index (κ3) is 4.29. The molecule has 0 bridgehead atoms. The molecule has 0 radical (unpaired) electrons. The molecular formula is C16H22O5. The van der Waals surface area contributed by atoms with E-state index in [1.165, 1.54) is 6.07 Å². The topological polar surface area (TPSA) is 83.8 Å². The first-order valence-electron chi connectivity index (χ1n) is 7.30. The summed E-state index contributed by atoms with van der Waals surface area (Å²) >= 11 is 0. The molecule has 0 aliphatic heterocycles. The molecule has 0 amide bonds. The molecule has 5 heteroatoms. The van der Waals surface area contributed by atoms with E-state index in [4.69, 9.17) is 5.26 Å². The summed E-state index contributed by atoms with van der Waals surface area (Å²) in [6.07, 6.45) is 4.61. The van der Waals surface area contributed by atoms with Crippen LogP contribution in [-0.4, -0.2) is 22.3 Å². The quantitative estimate of drug-likeness (QED) is 0.564. The number of hydrogen-bond acceptors (Lipinski definition) is 4. The molecule has 1 rings (SSSR count). The molecule has 0 aliphatic rings. The van der Waals surface area contributed by atoms with Gasteiger partial charge in [-0.15, -0.1) is 0 Å². The summed E-state index contributed by atoms with van der Waals surface area (Å²) in [6.45, 7) is 4.03. The summed E-state index contributed by atoms with van der Waals surface area (Å²) < 4.78 is 0. The fraction of sp³-hybridized carbons (Fsp3) is 0.500. The Bertz CT molecular complexity index is 508. The summed E-state index contributed by atoms with van der Waals surface area (Å²) in [5, 5.41) is 18.0. The van der Waals surface area contributed by atoms with Gasteiger partial charge in [0.2, 0.25) is 0 Å². The van der Waals surface area contributed by atoms with Crippen molar-refractivity contribution in [3.63, 3.8) is 0 Å². The van der Waals surface area contributed by atoms with E-state index in [2.05, 4.69) is 4.89 Å². The van der Waals surface area contributed by atoms with Gasteiger partial charge in [0.1, 0.15) is 0 Å². The maximum atomic E-state index is 11.9. The minimum Gasteiger partial charge on any atom is -0.478 e. The van der Waals surface area contributed by atoms with Gasteiger partial charge in [0.05, 0.1) is 11.1 Å². The Balaban J connectivity index is 3.40. The number of unbranched alkanes of at least 4 members (excludes halogenated alkanes) is 2. The molecule has 2 N–H and O–H groups in total. The molecular weight excluding hydrogens is 272 g/mol. The largest absolute Gasteiger partial charge is 0.478 e. The van der Waals surface area contributed by atoms with E-state index in [0.717, 1.165) is 31.2 Å². The number of benzene rings is 1. The zero-order valence-electron chi connectivity index (χ0n) is 12.5. The summed E-state index contributed by atoms with van der Waals surface area (Å²) in [4.78, 5) is 27.1. The lowest BCUT2D eigenvalue weighted by atomic mass is 9.90. The zero-order chi connectivity index (χ0) is 15.8. The van der Waals surface area contributed by atoms with Crippen molar-refractivity contribution in [2.75, 3.05) is 0 Å². The highest BCUT2D eigenvalue weighted by atomic mass is 17.1. The number of hydrogen-bond donors (Lipinski definition) is 2. The van der Waals surface area contributed by atoms with Crippen molar-refractivity contribution < 1.29 is 24.8 Å². The summed E-state index contributed by atoms with van der Waals surface area (Å²) in [7, 11) is 0. The zero-order valence-corrected chi connectivity index (χ0v) is 12.5. The van der Waals surface area contributed by atoms with Crippen molar-refractivity contribution in [2.24, 2.45) is 0 Å². The molecule has 0 saturated heterocycles. The van der Waals surface area contributed by atoms with Gasteiger partial charge >= 0.3 is 11.9 Å². The van der Waals surface area contributed by atoms with Gasteiger partial charge in [0.15, 0.2) is 0 Å². The number of carboxylic acids is 1. The monoisotopic (exact) mass is 294 g/mol. The predicted octanol–water partition coefficient (Wildman–Crippen LogP) is 3.70. The molecule has 5 nitrogen and oxygen atoms in total. The lowest BCUT2D eigenvalue weighted by Gasteiger charge is -2.15. The predicted molar refractivity (Wildman–Crippen MR) is 78.7 cm³/mol.